The highest BCUT2D eigenvalue weighted by Crippen LogP contribution is 2.13. The fourth-order valence-electron chi connectivity index (χ4n) is 0.877. The van der Waals surface area contributed by atoms with Gasteiger partial charge < -0.3 is 14.8 Å². The lowest BCUT2D eigenvalue weighted by molar-refractivity contribution is -0.173. The van der Waals surface area contributed by atoms with Gasteiger partial charge in [-0.1, -0.05) is 0 Å². The Morgan fingerprint density at radius 2 is 2.08 bits per heavy atom. The van der Waals surface area contributed by atoms with Gasteiger partial charge in [0.1, 0.15) is 6.61 Å². The summed E-state index contributed by atoms with van der Waals surface area (Å²) in [7, 11) is 0. The molecule has 3 nitrogen and oxygen atoms in total. The second kappa shape index (κ2) is 4.78. The lowest BCUT2D eigenvalue weighted by Crippen LogP contribution is -2.47. The van der Waals surface area contributed by atoms with Gasteiger partial charge in [-0.2, -0.15) is 13.2 Å². The standard InChI is InChI=1S/C7H12F3NO2/c8-7(9,10)5-12-2-1-11-6-3-13-4-6/h6,11H,1-5H2. The van der Waals surface area contributed by atoms with E-state index in [1.54, 1.807) is 0 Å². The third kappa shape index (κ3) is 5.07. The van der Waals surface area contributed by atoms with E-state index >= 15 is 0 Å². The molecular weight excluding hydrogens is 187 g/mol. The van der Waals surface area contributed by atoms with Gasteiger partial charge in [0.15, 0.2) is 0 Å². The Bertz CT molecular complexity index is 147. The molecule has 0 unspecified atom stereocenters. The van der Waals surface area contributed by atoms with Gasteiger partial charge in [-0.05, 0) is 0 Å². The van der Waals surface area contributed by atoms with Crippen LogP contribution in [0.15, 0.2) is 0 Å². The predicted molar refractivity (Wildman–Crippen MR) is 39.5 cm³/mol. The molecular formula is C7H12F3NO2. The summed E-state index contributed by atoms with van der Waals surface area (Å²) < 4.78 is 43.9. The van der Waals surface area contributed by atoms with Crippen LogP contribution in [-0.2, 0) is 9.47 Å². The molecule has 0 bridgehead atoms. The summed E-state index contributed by atoms with van der Waals surface area (Å²) in [5, 5.41) is 2.99. The van der Waals surface area contributed by atoms with Crippen molar-refractivity contribution in [3.05, 3.63) is 0 Å². The molecule has 6 heteroatoms. The maximum Gasteiger partial charge on any atom is 0.411 e. The van der Waals surface area contributed by atoms with Gasteiger partial charge >= 0.3 is 6.18 Å². The van der Waals surface area contributed by atoms with Crippen molar-refractivity contribution in [3.63, 3.8) is 0 Å². The summed E-state index contributed by atoms with van der Waals surface area (Å²) in [6.07, 6.45) is -4.22. The van der Waals surface area contributed by atoms with E-state index in [2.05, 4.69) is 10.1 Å². The largest absolute Gasteiger partial charge is 0.411 e. The van der Waals surface area contributed by atoms with E-state index in [0.29, 0.717) is 19.8 Å². The monoisotopic (exact) mass is 199 g/mol. The third-order valence-corrected chi connectivity index (χ3v) is 1.58. The molecule has 1 saturated heterocycles. The molecule has 0 spiro atoms. The minimum atomic E-state index is -4.22. The molecule has 0 radical (unpaired) electrons. The van der Waals surface area contributed by atoms with Crippen LogP contribution < -0.4 is 5.32 Å². The van der Waals surface area contributed by atoms with E-state index in [0.717, 1.165) is 0 Å². The van der Waals surface area contributed by atoms with Gasteiger partial charge in [-0.25, -0.2) is 0 Å². The molecule has 0 aromatic carbocycles. The van der Waals surface area contributed by atoms with Crippen molar-refractivity contribution >= 4 is 0 Å². The average molecular weight is 199 g/mol. The van der Waals surface area contributed by atoms with Crippen molar-refractivity contribution in [1.82, 2.24) is 5.32 Å². The minimum absolute atomic E-state index is 0.0794. The lowest BCUT2D eigenvalue weighted by atomic mass is 10.2. The van der Waals surface area contributed by atoms with E-state index in [1.807, 2.05) is 0 Å². The van der Waals surface area contributed by atoms with E-state index in [1.165, 1.54) is 0 Å². The zero-order chi connectivity index (χ0) is 9.73. The highest BCUT2D eigenvalue weighted by molar-refractivity contribution is 4.72. The number of nitrogens with one attached hydrogen (secondary N) is 1. The first kappa shape index (κ1) is 10.7. The van der Waals surface area contributed by atoms with Crippen LogP contribution in [0.4, 0.5) is 13.2 Å². The molecule has 1 fully saturated rings. The van der Waals surface area contributed by atoms with Crippen LogP contribution in [0.3, 0.4) is 0 Å². The van der Waals surface area contributed by atoms with Crippen LogP contribution in [0.5, 0.6) is 0 Å². The molecule has 1 N–H and O–H groups in total. The van der Waals surface area contributed by atoms with Gasteiger partial charge in [0.2, 0.25) is 0 Å². The summed E-state index contributed by atoms with van der Waals surface area (Å²) >= 11 is 0. The van der Waals surface area contributed by atoms with Crippen LogP contribution in [0, 0.1) is 0 Å². The summed E-state index contributed by atoms with van der Waals surface area (Å²) in [4.78, 5) is 0. The Morgan fingerprint density at radius 3 is 2.54 bits per heavy atom. The highest BCUT2D eigenvalue weighted by Gasteiger charge is 2.27. The number of hydrogen-bond acceptors (Lipinski definition) is 3. The third-order valence-electron chi connectivity index (χ3n) is 1.58. The first-order valence-corrected chi connectivity index (χ1v) is 4.03. The molecule has 0 aromatic heterocycles. The molecule has 1 aliphatic heterocycles. The van der Waals surface area contributed by atoms with Crippen molar-refractivity contribution in [1.29, 1.82) is 0 Å². The van der Waals surface area contributed by atoms with Crippen molar-refractivity contribution in [3.8, 4) is 0 Å². The van der Waals surface area contributed by atoms with Crippen molar-refractivity contribution in [2.24, 2.45) is 0 Å². The van der Waals surface area contributed by atoms with E-state index in [-0.39, 0.29) is 12.6 Å². The molecule has 0 aliphatic carbocycles. The van der Waals surface area contributed by atoms with Crippen LogP contribution in [0.1, 0.15) is 0 Å². The number of rotatable bonds is 5. The lowest BCUT2D eigenvalue weighted by Gasteiger charge is -2.26. The fourth-order valence-corrected chi connectivity index (χ4v) is 0.877. The maximum absolute atomic E-state index is 11.6. The van der Waals surface area contributed by atoms with Gasteiger partial charge in [0.05, 0.1) is 25.9 Å². The average Bonchev–Trinajstić information content (AvgIpc) is 1.90. The van der Waals surface area contributed by atoms with Crippen LogP contribution >= 0.6 is 0 Å². The highest BCUT2D eigenvalue weighted by atomic mass is 19.4. The van der Waals surface area contributed by atoms with Crippen molar-refractivity contribution in [2.45, 2.75) is 12.2 Å². The Kier molecular flexibility index (Phi) is 3.95. The van der Waals surface area contributed by atoms with Crippen LogP contribution in [0.25, 0.3) is 0 Å². The Labute approximate surface area is 74.2 Å². The van der Waals surface area contributed by atoms with Crippen LogP contribution in [-0.4, -0.2) is 45.2 Å². The molecule has 0 amide bonds. The molecule has 1 heterocycles. The van der Waals surface area contributed by atoms with Crippen molar-refractivity contribution in [2.75, 3.05) is 33.0 Å². The van der Waals surface area contributed by atoms with Crippen molar-refractivity contribution < 1.29 is 22.6 Å². The topological polar surface area (TPSA) is 30.5 Å². The second-order valence-corrected chi connectivity index (χ2v) is 2.86. The number of hydrogen-bond donors (Lipinski definition) is 1. The molecule has 78 valence electrons. The number of halogens is 3. The molecule has 0 saturated carbocycles. The quantitative estimate of drug-likeness (QED) is 0.656. The fraction of sp³-hybridized carbons (Fsp3) is 1.00. The van der Waals surface area contributed by atoms with Gasteiger partial charge in [0.25, 0.3) is 0 Å². The minimum Gasteiger partial charge on any atom is -0.378 e. The summed E-state index contributed by atoms with van der Waals surface area (Å²) in [6.45, 7) is 0.620. The van der Waals surface area contributed by atoms with E-state index < -0.39 is 12.8 Å². The Hall–Kier alpha value is -0.330. The summed E-state index contributed by atoms with van der Waals surface area (Å²) in [6, 6.07) is 0.287. The van der Waals surface area contributed by atoms with Gasteiger partial charge in [-0.3, -0.25) is 0 Å². The molecule has 1 rings (SSSR count). The Balaban J connectivity index is 1.83. The number of ether oxygens (including phenoxy) is 2. The molecule has 0 aromatic rings. The Morgan fingerprint density at radius 1 is 1.38 bits per heavy atom. The zero-order valence-corrected chi connectivity index (χ0v) is 7.06. The SMILES string of the molecule is FC(F)(F)COCCNC1COC1. The summed E-state index contributed by atoms with van der Waals surface area (Å²) in [5.74, 6) is 0. The van der Waals surface area contributed by atoms with Gasteiger partial charge in [-0.15, -0.1) is 0 Å². The smallest absolute Gasteiger partial charge is 0.378 e. The first-order valence-electron chi connectivity index (χ1n) is 4.03. The first-order chi connectivity index (χ1) is 6.08. The van der Waals surface area contributed by atoms with Gasteiger partial charge in [0, 0.05) is 6.54 Å². The molecule has 0 atom stereocenters. The summed E-state index contributed by atoms with van der Waals surface area (Å²) in [5.41, 5.74) is 0. The molecule has 1 aliphatic rings. The molecule has 13 heavy (non-hydrogen) atoms. The van der Waals surface area contributed by atoms with E-state index in [4.69, 9.17) is 4.74 Å². The number of alkyl halides is 3. The maximum atomic E-state index is 11.6. The van der Waals surface area contributed by atoms with E-state index in [9.17, 15) is 13.2 Å². The zero-order valence-electron chi connectivity index (χ0n) is 7.06. The van der Waals surface area contributed by atoms with Crippen LogP contribution in [0.2, 0.25) is 0 Å². The predicted octanol–water partition coefficient (Wildman–Crippen LogP) is 0.554. The second-order valence-electron chi connectivity index (χ2n) is 2.86. The normalized spacial score (nSPS) is 18.7.